The van der Waals surface area contributed by atoms with Gasteiger partial charge in [-0.25, -0.2) is 0 Å². The molecule has 0 aliphatic carbocycles. The molecule has 0 saturated carbocycles. The molecule has 0 atom stereocenters. The number of anilines is 1. The molecule has 0 saturated heterocycles. The number of carbonyl (C=O) groups is 1. The molecule has 0 fully saturated rings. The van der Waals surface area contributed by atoms with Crippen LogP contribution in [0, 0.1) is 6.92 Å². The van der Waals surface area contributed by atoms with Crippen LogP contribution in [0.2, 0.25) is 0 Å². The van der Waals surface area contributed by atoms with Crippen molar-refractivity contribution in [1.29, 1.82) is 0 Å². The van der Waals surface area contributed by atoms with Crippen molar-refractivity contribution in [2.24, 2.45) is 0 Å². The normalized spacial score (nSPS) is 10.3. The SMILES string of the molecule is Cc1cnoc1C(=O)NCc1cn[nH]c1N. The van der Waals surface area contributed by atoms with Gasteiger partial charge in [0.2, 0.25) is 5.76 Å². The number of H-pyrrole nitrogens is 1. The van der Waals surface area contributed by atoms with Crippen LogP contribution in [-0.4, -0.2) is 21.3 Å². The van der Waals surface area contributed by atoms with Crippen LogP contribution in [0.1, 0.15) is 21.7 Å². The van der Waals surface area contributed by atoms with Crippen LogP contribution in [0.25, 0.3) is 0 Å². The fraction of sp³-hybridized carbons (Fsp3) is 0.222. The van der Waals surface area contributed by atoms with Gasteiger partial charge in [0.25, 0.3) is 5.91 Å². The summed E-state index contributed by atoms with van der Waals surface area (Å²) in [5.41, 5.74) is 6.99. The summed E-state index contributed by atoms with van der Waals surface area (Å²) in [5, 5.41) is 12.5. The van der Waals surface area contributed by atoms with E-state index < -0.39 is 0 Å². The summed E-state index contributed by atoms with van der Waals surface area (Å²) in [6, 6.07) is 0. The van der Waals surface area contributed by atoms with Crippen LogP contribution in [0.4, 0.5) is 5.82 Å². The molecule has 0 aromatic carbocycles. The highest BCUT2D eigenvalue weighted by Crippen LogP contribution is 2.08. The average molecular weight is 221 g/mol. The van der Waals surface area contributed by atoms with Crippen molar-refractivity contribution in [1.82, 2.24) is 20.7 Å². The maximum Gasteiger partial charge on any atom is 0.290 e. The van der Waals surface area contributed by atoms with Crippen molar-refractivity contribution < 1.29 is 9.32 Å². The van der Waals surface area contributed by atoms with Crippen molar-refractivity contribution in [3.8, 4) is 0 Å². The lowest BCUT2D eigenvalue weighted by Gasteiger charge is -2.01. The van der Waals surface area contributed by atoms with Crippen LogP contribution in [0.5, 0.6) is 0 Å². The van der Waals surface area contributed by atoms with Crippen LogP contribution in [-0.2, 0) is 6.54 Å². The van der Waals surface area contributed by atoms with Gasteiger partial charge in [-0.2, -0.15) is 5.10 Å². The lowest BCUT2D eigenvalue weighted by Crippen LogP contribution is -2.23. The Morgan fingerprint density at radius 1 is 1.62 bits per heavy atom. The van der Waals surface area contributed by atoms with E-state index in [1.54, 1.807) is 13.1 Å². The molecular formula is C9H11N5O2. The maximum atomic E-state index is 11.6. The topological polar surface area (TPSA) is 110 Å². The van der Waals surface area contributed by atoms with E-state index in [9.17, 15) is 4.79 Å². The Labute approximate surface area is 91.0 Å². The average Bonchev–Trinajstić information content (AvgIpc) is 2.84. The van der Waals surface area contributed by atoms with Crippen molar-refractivity contribution >= 4 is 11.7 Å². The van der Waals surface area contributed by atoms with E-state index in [2.05, 4.69) is 20.7 Å². The molecule has 0 bridgehead atoms. The van der Waals surface area contributed by atoms with Crippen LogP contribution in [0.3, 0.4) is 0 Å². The van der Waals surface area contributed by atoms with Crippen molar-refractivity contribution in [2.75, 3.05) is 5.73 Å². The fourth-order valence-corrected chi connectivity index (χ4v) is 1.23. The third-order valence-electron chi connectivity index (χ3n) is 2.15. The molecule has 1 amide bonds. The highest BCUT2D eigenvalue weighted by molar-refractivity contribution is 5.92. The van der Waals surface area contributed by atoms with Crippen LogP contribution in [0.15, 0.2) is 16.9 Å². The lowest BCUT2D eigenvalue weighted by atomic mass is 10.2. The molecule has 7 heteroatoms. The molecular weight excluding hydrogens is 210 g/mol. The number of nitrogens with zero attached hydrogens (tertiary/aromatic N) is 2. The minimum atomic E-state index is -0.324. The molecule has 2 rings (SSSR count). The zero-order valence-corrected chi connectivity index (χ0v) is 8.65. The van der Waals surface area contributed by atoms with Gasteiger partial charge in [-0.3, -0.25) is 9.89 Å². The number of amides is 1. The molecule has 84 valence electrons. The maximum absolute atomic E-state index is 11.6. The highest BCUT2D eigenvalue weighted by Gasteiger charge is 2.14. The summed E-state index contributed by atoms with van der Waals surface area (Å²) < 4.78 is 4.81. The summed E-state index contributed by atoms with van der Waals surface area (Å²) in [5.74, 6) is 0.326. The third kappa shape index (κ3) is 1.88. The Bertz CT molecular complexity index is 501. The van der Waals surface area contributed by atoms with E-state index in [0.717, 1.165) is 5.56 Å². The molecule has 0 radical (unpaired) electrons. The van der Waals surface area contributed by atoms with Gasteiger partial charge in [0.1, 0.15) is 5.82 Å². The standard InChI is InChI=1S/C9H11N5O2/c1-5-2-13-16-7(5)9(15)11-3-6-4-12-14-8(6)10/h2,4H,3H2,1H3,(H,11,15)(H3,10,12,14). The first kappa shape index (κ1) is 10.2. The van der Waals surface area contributed by atoms with Gasteiger partial charge in [-0.05, 0) is 6.92 Å². The number of aromatic nitrogens is 3. The number of hydrogen-bond donors (Lipinski definition) is 3. The van der Waals surface area contributed by atoms with Gasteiger partial charge in [0, 0.05) is 17.7 Å². The first-order valence-corrected chi connectivity index (χ1v) is 4.65. The summed E-state index contributed by atoms with van der Waals surface area (Å²) in [6.45, 7) is 2.04. The second-order valence-corrected chi connectivity index (χ2v) is 3.33. The number of nitrogens with one attached hydrogen (secondary N) is 2. The monoisotopic (exact) mass is 221 g/mol. The second kappa shape index (κ2) is 4.05. The first-order chi connectivity index (χ1) is 7.68. The van der Waals surface area contributed by atoms with E-state index >= 15 is 0 Å². The molecule has 2 aromatic heterocycles. The number of aromatic amines is 1. The van der Waals surface area contributed by atoms with Crippen molar-refractivity contribution in [3.63, 3.8) is 0 Å². The van der Waals surface area contributed by atoms with E-state index in [1.807, 2.05) is 0 Å². The number of hydrogen-bond acceptors (Lipinski definition) is 5. The first-order valence-electron chi connectivity index (χ1n) is 4.65. The van der Waals surface area contributed by atoms with Gasteiger partial charge < -0.3 is 15.6 Å². The summed E-state index contributed by atoms with van der Waals surface area (Å²) >= 11 is 0. The minimum Gasteiger partial charge on any atom is -0.384 e. The molecule has 0 unspecified atom stereocenters. The van der Waals surface area contributed by atoms with Gasteiger partial charge in [-0.15, -0.1) is 0 Å². The van der Waals surface area contributed by atoms with E-state index in [-0.39, 0.29) is 11.7 Å². The zero-order valence-electron chi connectivity index (χ0n) is 8.65. The molecule has 0 spiro atoms. The molecule has 2 aromatic rings. The van der Waals surface area contributed by atoms with Gasteiger partial charge >= 0.3 is 0 Å². The number of nitrogen functional groups attached to an aromatic ring is 1. The molecule has 0 aliphatic heterocycles. The number of carbonyl (C=O) groups excluding carboxylic acids is 1. The molecule has 16 heavy (non-hydrogen) atoms. The fourth-order valence-electron chi connectivity index (χ4n) is 1.23. The van der Waals surface area contributed by atoms with Crippen LogP contribution >= 0.6 is 0 Å². The molecule has 2 heterocycles. The van der Waals surface area contributed by atoms with Gasteiger partial charge in [-0.1, -0.05) is 5.16 Å². The Morgan fingerprint density at radius 3 is 3.00 bits per heavy atom. The number of rotatable bonds is 3. The van der Waals surface area contributed by atoms with E-state index in [1.165, 1.54) is 6.20 Å². The predicted octanol–water partition coefficient (Wildman–Crippen LogP) is 0.218. The molecule has 4 N–H and O–H groups in total. The van der Waals surface area contributed by atoms with Crippen molar-refractivity contribution in [3.05, 3.63) is 29.3 Å². The Morgan fingerprint density at radius 2 is 2.44 bits per heavy atom. The summed E-state index contributed by atoms with van der Waals surface area (Å²) in [7, 11) is 0. The summed E-state index contributed by atoms with van der Waals surface area (Å²) in [6.07, 6.45) is 3.05. The Kier molecular flexibility index (Phi) is 2.59. The van der Waals surface area contributed by atoms with Crippen molar-refractivity contribution in [2.45, 2.75) is 13.5 Å². The quantitative estimate of drug-likeness (QED) is 0.686. The van der Waals surface area contributed by atoms with Gasteiger partial charge in [0.15, 0.2) is 0 Å². The minimum absolute atomic E-state index is 0.210. The smallest absolute Gasteiger partial charge is 0.290 e. The molecule has 7 nitrogen and oxygen atoms in total. The van der Waals surface area contributed by atoms with E-state index in [4.69, 9.17) is 10.3 Å². The second-order valence-electron chi connectivity index (χ2n) is 3.33. The van der Waals surface area contributed by atoms with Crippen LogP contribution < -0.4 is 11.1 Å². The Hall–Kier alpha value is -2.31. The predicted molar refractivity (Wildman–Crippen MR) is 55.4 cm³/mol. The largest absolute Gasteiger partial charge is 0.384 e. The van der Waals surface area contributed by atoms with Gasteiger partial charge in [0.05, 0.1) is 12.4 Å². The highest BCUT2D eigenvalue weighted by atomic mass is 16.5. The third-order valence-corrected chi connectivity index (χ3v) is 2.15. The summed E-state index contributed by atoms with van der Waals surface area (Å²) in [4.78, 5) is 11.6. The molecule has 0 aliphatic rings. The van der Waals surface area contributed by atoms with E-state index in [0.29, 0.717) is 17.9 Å². The number of nitrogens with two attached hydrogens (primary N) is 1. The Balaban J connectivity index is 1.99. The number of aryl methyl sites for hydroxylation is 1. The lowest BCUT2D eigenvalue weighted by molar-refractivity contribution is 0.0913. The zero-order chi connectivity index (χ0) is 11.5.